The zero-order chi connectivity index (χ0) is 13.1. The van der Waals surface area contributed by atoms with Crippen molar-refractivity contribution in [3.63, 3.8) is 0 Å². The van der Waals surface area contributed by atoms with Crippen LogP contribution in [0.5, 0.6) is 0 Å². The molecule has 0 rings (SSSR count). The molecular weight excluding hydrogens is 251 g/mol. The third kappa shape index (κ3) is 6.91. The number of rotatable bonds is 11. The number of unbranched alkanes of at least 4 members (excludes halogenated alkanes) is 6. The summed E-state index contributed by atoms with van der Waals surface area (Å²) >= 11 is 12.2. The molecule has 0 N–H and O–H groups in total. The molecular formula is C15H30Cl2. The summed E-state index contributed by atoms with van der Waals surface area (Å²) in [6.45, 7) is 6.75. The highest BCUT2D eigenvalue weighted by Gasteiger charge is 2.31. The Balaban J connectivity index is 3.69. The molecule has 0 aromatic heterocycles. The summed E-state index contributed by atoms with van der Waals surface area (Å²) in [6, 6.07) is 0. The lowest BCUT2D eigenvalue weighted by Gasteiger charge is -2.34. The molecule has 0 aliphatic rings. The number of alkyl halides is 2. The lowest BCUT2D eigenvalue weighted by Crippen LogP contribution is -2.31. The van der Waals surface area contributed by atoms with Gasteiger partial charge in [0.1, 0.15) is 0 Å². The van der Waals surface area contributed by atoms with Crippen molar-refractivity contribution >= 4 is 23.2 Å². The van der Waals surface area contributed by atoms with E-state index in [0.29, 0.717) is 17.7 Å². The Bertz CT molecular complexity index is 162. The van der Waals surface area contributed by atoms with E-state index in [-0.39, 0.29) is 5.41 Å². The van der Waals surface area contributed by atoms with Crippen molar-refractivity contribution in [2.24, 2.45) is 11.3 Å². The first-order chi connectivity index (χ1) is 8.13. The lowest BCUT2D eigenvalue weighted by atomic mass is 9.76. The van der Waals surface area contributed by atoms with Crippen LogP contribution < -0.4 is 0 Å². The van der Waals surface area contributed by atoms with Crippen LogP contribution in [0.4, 0.5) is 0 Å². The van der Waals surface area contributed by atoms with Gasteiger partial charge in [0.05, 0.1) is 0 Å². The van der Waals surface area contributed by atoms with E-state index in [2.05, 4.69) is 20.8 Å². The van der Waals surface area contributed by atoms with Crippen molar-refractivity contribution in [3.8, 4) is 0 Å². The highest BCUT2D eigenvalue weighted by atomic mass is 35.5. The SMILES string of the molecule is CCCCCCCCCC(CCl)(CCl)C(C)C. The summed E-state index contributed by atoms with van der Waals surface area (Å²) < 4.78 is 0. The van der Waals surface area contributed by atoms with Crippen molar-refractivity contribution in [2.45, 2.75) is 72.1 Å². The molecule has 0 saturated heterocycles. The molecule has 0 heterocycles. The van der Waals surface area contributed by atoms with Gasteiger partial charge in [-0.05, 0) is 17.8 Å². The maximum Gasteiger partial charge on any atom is 0.0293 e. The van der Waals surface area contributed by atoms with Crippen molar-refractivity contribution in [1.29, 1.82) is 0 Å². The van der Waals surface area contributed by atoms with Crippen LogP contribution in [-0.4, -0.2) is 11.8 Å². The highest BCUT2D eigenvalue weighted by molar-refractivity contribution is 6.21. The van der Waals surface area contributed by atoms with Gasteiger partial charge < -0.3 is 0 Å². The van der Waals surface area contributed by atoms with Crippen LogP contribution in [0, 0.1) is 11.3 Å². The zero-order valence-corrected chi connectivity index (χ0v) is 13.4. The van der Waals surface area contributed by atoms with Crippen molar-refractivity contribution in [3.05, 3.63) is 0 Å². The summed E-state index contributed by atoms with van der Waals surface area (Å²) in [5.41, 5.74) is 0.159. The van der Waals surface area contributed by atoms with Crippen LogP contribution in [-0.2, 0) is 0 Å². The van der Waals surface area contributed by atoms with Crippen LogP contribution in [0.2, 0.25) is 0 Å². The second kappa shape index (κ2) is 10.5. The first-order valence-corrected chi connectivity index (χ1v) is 8.31. The van der Waals surface area contributed by atoms with E-state index >= 15 is 0 Å². The Morgan fingerprint density at radius 2 is 1.29 bits per heavy atom. The van der Waals surface area contributed by atoms with Gasteiger partial charge in [0.25, 0.3) is 0 Å². The van der Waals surface area contributed by atoms with Crippen LogP contribution in [0.25, 0.3) is 0 Å². The molecule has 0 aromatic carbocycles. The summed E-state index contributed by atoms with van der Waals surface area (Å²) in [6.07, 6.45) is 10.7. The molecule has 17 heavy (non-hydrogen) atoms. The average molecular weight is 281 g/mol. The summed E-state index contributed by atoms with van der Waals surface area (Å²) in [7, 11) is 0. The van der Waals surface area contributed by atoms with Gasteiger partial charge in [0, 0.05) is 11.8 Å². The van der Waals surface area contributed by atoms with Crippen LogP contribution in [0.3, 0.4) is 0 Å². The maximum atomic E-state index is 6.12. The quantitative estimate of drug-likeness (QED) is 0.310. The molecule has 0 fully saturated rings. The van der Waals surface area contributed by atoms with E-state index in [1.54, 1.807) is 0 Å². The van der Waals surface area contributed by atoms with Gasteiger partial charge >= 0.3 is 0 Å². The zero-order valence-electron chi connectivity index (χ0n) is 11.9. The summed E-state index contributed by atoms with van der Waals surface area (Å²) in [5, 5.41) is 0. The van der Waals surface area contributed by atoms with E-state index < -0.39 is 0 Å². The predicted molar refractivity (Wildman–Crippen MR) is 81.3 cm³/mol. The minimum absolute atomic E-state index is 0.159. The summed E-state index contributed by atoms with van der Waals surface area (Å²) in [4.78, 5) is 0. The van der Waals surface area contributed by atoms with E-state index in [1.165, 1.54) is 51.4 Å². The fraction of sp³-hybridized carbons (Fsp3) is 1.00. The largest absolute Gasteiger partial charge is 0.126 e. The molecule has 0 unspecified atom stereocenters. The van der Waals surface area contributed by atoms with Gasteiger partial charge in [-0.1, -0.05) is 65.7 Å². The molecule has 0 aromatic rings. The fourth-order valence-electron chi connectivity index (χ4n) is 2.20. The molecule has 0 atom stereocenters. The van der Waals surface area contributed by atoms with Crippen molar-refractivity contribution in [2.75, 3.05) is 11.8 Å². The van der Waals surface area contributed by atoms with Gasteiger partial charge in [-0.15, -0.1) is 23.2 Å². The Hall–Kier alpha value is 0.580. The first-order valence-electron chi connectivity index (χ1n) is 7.25. The summed E-state index contributed by atoms with van der Waals surface area (Å²) in [5.74, 6) is 1.98. The Labute approximate surface area is 118 Å². The van der Waals surface area contributed by atoms with Gasteiger partial charge in [-0.3, -0.25) is 0 Å². The third-order valence-electron chi connectivity index (χ3n) is 4.04. The fourth-order valence-corrected chi connectivity index (χ4v) is 3.37. The minimum atomic E-state index is 0.159. The van der Waals surface area contributed by atoms with E-state index in [9.17, 15) is 0 Å². The number of hydrogen-bond donors (Lipinski definition) is 0. The number of hydrogen-bond acceptors (Lipinski definition) is 0. The molecule has 0 saturated carbocycles. The lowest BCUT2D eigenvalue weighted by molar-refractivity contribution is 0.231. The van der Waals surface area contributed by atoms with Crippen LogP contribution in [0.15, 0.2) is 0 Å². The predicted octanol–water partition coefficient (Wildman–Crippen LogP) is 6.25. The number of halogens is 2. The monoisotopic (exact) mass is 280 g/mol. The molecule has 0 spiro atoms. The molecule has 0 radical (unpaired) electrons. The topological polar surface area (TPSA) is 0 Å². The van der Waals surface area contributed by atoms with Gasteiger partial charge in [-0.2, -0.15) is 0 Å². The Kier molecular flexibility index (Phi) is 10.9. The van der Waals surface area contributed by atoms with Gasteiger partial charge in [0.15, 0.2) is 0 Å². The average Bonchev–Trinajstić information content (AvgIpc) is 2.33. The van der Waals surface area contributed by atoms with Gasteiger partial charge in [-0.25, -0.2) is 0 Å². The molecule has 0 aliphatic carbocycles. The Morgan fingerprint density at radius 1 is 0.824 bits per heavy atom. The van der Waals surface area contributed by atoms with E-state index in [0.717, 1.165) is 0 Å². The van der Waals surface area contributed by atoms with Crippen LogP contribution in [0.1, 0.15) is 72.1 Å². The second-order valence-electron chi connectivity index (χ2n) is 5.66. The molecule has 0 bridgehead atoms. The molecule has 0 nitrogen and oxygen atoms in total. The van der Waals surface area contributed by atoms with Crippen molar-refractivity contribution in [1.82, 2.24) is 0 Å². The third-order valence-corrected chi connectivity index (χ3v) is 5.10. The molecule has 0 amide bonds. The first kappa shape index (κ1) is 17.6. The van der Waals surface area contributed by atoms with E-state index in [4.69, 9.17) is 23.2 Å². The molecule has 2 heteroatoms. The smallest absolute Gasteiger partial charge is 0.0293 e. The van der Waals surface area contributed by atoms with Crippen LogP contribution >= 0.6 is 23.2 Å². The van der Waals surface area contributed by atoms with E-state index in [1.807, 2.05) is 0 Å². The Morgan fingerprint density at radius 3 is 1.71 bits per heavy atom. The second-order valence-corrected chi connectivity index (χ2v) is 6.19. The molecule has 104 valence electrons. The molecule has 0 aliphatic heterocycles. The maximum absolute atomic E-state index is 6.12. The highest BCUT2D eigenvalue weighted by Crippen LogP contribution is 2.36. The normalized spacial score (nSPS) is 12.4. The standard InChI is InChI=1S/C15H30Cl2/c1-4-5-6-7-8-9-10-11-15(12-16,13-17)14(2)3/h14H,4-13H2,1-3H3. The van der Waals surface area contributed by atoms with Crippen molar-refractivity contribution < 1.29 is 0 Å². The minimum Gasteiger partial charge on any atom is -0.126 e. The van der Waals surface area contributed by atoms with Gasteiger partial charge in [0.2, 0.25) is 0 Å².